The van der Waals surface area contributed by atoms with Gasteiger partial charge in [-0.15, -0.1) is 0 Å². The van der Waals surface area contributed by atoms with Crippen LogP contribution in [0.25, 0.3) is 10.6 Å². The van der Waals surface area contributed by atoms with Crippen LogP contribution in [-0.2, 0) is 0 Å². The Balaban J connectivity index is 1.75. The van der Waals surface area contributed by atoms with Crippen LogP contribution < -0.4 is 15.4 Å². The lowest BCUT2D eigenvalue weighted by atomic mass is 10.0. The molecular weight excluding hydrogens is 374 g/mol. The summed E-state index contributed by atoms with van der Waals surface area (Å²) in [6.45, 7) is 0. The topological polar surface area (TPSA) is 121 Å². The quantitative estimate of drug-likeness (QED) is 0.363. The number of nitrogens with zero attached hydrogens (tertiary/aromatic N) is 2. The van der Waals surface area contributed by atoms with Crippen LogP contribution in [0.3, 0.4) is 0 Å². The van der Waals surface area contributed by atoms with Crippen LogP contribution in [-0.4, -0.2) is 15.8 Å². The van der Waals surface area contributed by atoms with Crippen molar-refractivity contribution in [2.24, 2.45) is 0 Å². The summed E-state index contributed by atoms with van der Waals surface area (Å²) < 4.78 is 0. The van der Waals surface area contributed by atoms with Crippen LogP contribution >= 0.6 is 20.7 Å². The zero-order valence-corrected chi connectivity index (χ0v) is 14.7. The molecule has 0 saturated carbocycles. The van der Waals surface area contributed by atoms with E-state index in [4.69, 9.17) is 5.41 Å². The number of hydrogen-bond acceptors (Lipinski definition) is 8. The average molecular weight is 385 g/mol. The minimum absolute atomic E-state index is 0.112. The fourth-order valence-corrected chi connectivity index (χ4v) is 4.45. The number of hydrogen-bond donors (Lipinski definition) is 3. The molecule has 0 spiro atoms. The van der Waals surface area contributed by atoms with Gasteiger partial charge in [0, 0.05) is 17.3 Å². The lowest BCUT2D eigenvalue weighted by Crippen LogP contribution is -2.38. The normalized spacial score (nSPS) is 15.7. The molecule has 26 heavy (non-hydrogen) atoms. The van der Waals surface area contributed by atoms with Gasteiger partial charge in [0.25, 0.3) is 11.6 Å². The van der Waals surface area contributed by atoms with E-state index in [1.165, 1.54) is 16.4 Å². The second-order valence-electron chi connectivity index (χ2n) is 5.52. The Bertz CT molecular complexity index is 1090. The lowest BCUT2D eigenvalue weighted by Gasteiger charge is -2.28. The SMILES string of the molecule is N=c1nc(-c2ccc(C3NC(=O)c4ccccc4N3)cc2[N+](=O)[O-])ss1. The lowest BCUT2D eigenvalue weighted by molar-refractivity contribution is -0.384. The van der Waals surface area contributed by atoms with Crippen LogP contribution in [0.1, 0.15) is 22.1 Å². The molecular formula is C16H11N5O3S2. The molecule has 1 unspecified atom stereocenters. The van der Waals surface area contributed by atoms with Gasteiger partial charge in [-0.25, -0.2) is 4.98 Å². The van der Waals surface area contributed by atoms with Crippen LogP contribution in [0.2, 0.25) is 0 Å². The highest BCUT2D eigenvalue weighted by Crippen LogP contribution is 2.35. The van der Waals surface area contributed by atoms with Gasteiger partial charge in [0.05, 0.1) is 16.1 Å². The second-order valence-corrected chi connectivity index (χ2v) is 7.63. The molecule has 1 aliphatic rings. The number of fused-ring (bicyclic) bond motifs is 1. The van der Waals surface area contributed by atoms with Gasteiger partial charge in [-0.2, -0.15) is 0 Å². The Hall–Kier alpha value is -3.11. The number of aromatic nitrogens is 1. The molecule has 130 valence electrons. The van der Waals surface area contributed by atoms with Crippen LogP contribution in [0, 0.1) is 15.5 Å². The molecule has 1 amide bonds. The Morgan fingerprint density at radius 1 is 1.12 bits per heavy atom. The predicted molar refractivity (Wildman–Crippen MR) is 98.2 cm³/mol. The van der Waals surface area contributed by atoms with Gasteiger partial charge < -0.3 is 10.6 Å². The van der Waals surface area contributed by atoms with Crippen molar-refractivity contribution in [1.82, 2.24) is 10.3 Å². The minimum atomic E-state index is -0.573. The first-order chi connectivity index (χ1) is 12.5. The Morgan fingerprint density at radius 2 is 1.92 bits per heavy atom. The molecule has 10 heteroatoms. The molecule has 2 heterocycles. The van der Waals surface area contributed by atoms with E-state index in [1.54, 1.807) is 30.3 Å². The maximum Gasteiger partial charge on any atom is 0.280 e. The van der Waals surface area contributed by atoms with Crippen LogP contribution in [0.4, 0.5) is 11.4 Å². The summed E-state index contributed by atoms with van der Waals surface area (Å²) in [5, 5.41) is 25.5. The van der Waals surface area contributed by atoms with Gasteiger partial charge in [0.15, 0.2) is 0 Å². The summed E-state index contributed by atoms with van der Waals surface area (Å²) in [4.78, 5) is 27.5. The number of nitro benzene ring substituents is 1. The minimum Gasteiger partial charge on any atom is -0.361 e. The highest BCUT2D eigenvalue weighted by molar-refractivity contribution is 7.69. The van der Waals surface area contributed by atoms with Crippen molar-refractivity contribution in [3.05, 3.63) is 68.5 Å². The Labute approximate surface area is 154 Å². The molecule has 0 radical (unpaired) electrons. The monoisotopic (exact) mass is 385 g/mol. The number of rotatable bonds is 3. The first-order valence-electron chi connectivity index (χ1n) is 7.50. The molecule has 3 aromatic rings. The van der Waals surface area contributed by atoms with E-state index in [0.717, 1.165) is 10.3 Å². The van der Waals surface area contributed by atoms with Crippen molar-refractivity contribution >= 4 is 38.0 Å². The zero-order valence-electron chi connectivity index (χ0n) is 13.1. The van der Waals surface area contributed by atoms with Gasteiger partial charge in [0.1, 0.15) is 11.2 Å². The van der Waals surface area contributed by atoms with Crippen LogP contribution in [0.5, 0.6) is 0 Å². The molecule has 1 aliphatic heterocycles. The molecule has 0 aliphatic carbocycles. The summed E-state index contributed by atoms with van der Waals surface area (Å²) in [6, 6.07) is 11.8. The molecule has 3 N–H and O–H groups in total. The Morgan fingerprint density at radius 3 is 2.65 bits per heavy atom. The van der Waals surface area contributed by atoms with Gasteiger partial charge in [-0.05, 0) is 28.5 Å². The van der Waals surface area contributed by atoms with Crippen molar-refractivity contribution < 1.29 is 9.72 Å². The number of anilines is 1. The molecule has 4 rings (SSSR count). The van der Waals surface area contributed by atoms with Crippen molar-refractivity contribution in [1.29, 1.82) is 5.41 Å². The van der Waals surface area contributed by atoms with Crippen molar-refractivity contribution in [2.45, 2.75) is 6.17 Å². The number of nitrogens with one attached hydrogen (secondary N) is 3. The molecule has 8 nitrogen and oxygen atoms in total. The fraction of sp³-hybridized carbons (Fsp3) is 0.0625. The van der Waals surface area contributed by atoms with Crippen molar-refractivity contribution in [2.75, 3.05) is 5.32 Å². The smallest absolute Gasteiger partial charge is 0.280 e. The molecule has 0 saturated heterocycles. The third-order valence-corrected chi connectivity index (χ3v) is 5.93. The number of carbonyl (C=O) groups excluding carboxylic acids is 1. The molecule has 0 bridgehead atoms. The van der Waals surface area contributed by atoms with Gasteiger partial charge in [0.2, 0.25) is 4.80 Å². The summed E-state index contributed by atoms with van der Waals surface area (Å²) >= 11 is 0. The fourth-order valence-electron chi connectivity index (χ4n) is 2.75. The number of nitro groups is 1. The second kappa shape index (κ2) is 6.32. The number of para-hydroxylation sites is 1. The van der Waals surface area contributed by atoms with Gasteiger partial charge in [-0.1, -0.05) is 28.5 Å². The summed E-state index contributed by atoms with van der Waals surface area (Å²) in [7, 11) is 2.37. The van der Waals surface area contributed by atoms with E-state index in [0.29, 0.717) is 27.4 Å². The van der Waals surface area contributed by atoms with E-state index in [9.17, 15) is 14.9 Å². The first-order valence-corrected chi connectivity index (χ1v) is 9.65. The van der Waals surface area contributed by atoms with E-state index < -0.39 is 11.1 Å². The van der Waals surface area contributed by atoms with E-state index in [1.807, 2.05) is 6.07 Å². The molecule has 2 aromatic carbocycles. The summed E-state index contributed by atoms with van der Waals surface area (Å²) in [5.41, 5.74) is 2.02. The largest absolute Gasteiger partial charge is 0.361 e. The number of amides is 1. The number of benzene rings is 2. The zero-order chi connectivity index (χ0) is 18.3. The average Bonchev–Trinajstić information content (AvgIpc) is 3.07. The van der Waals surface area contributed by atoms with E-state index in [-0.39, 0.29) is 16.4 Å². The maximum absolute atomic E-state index is 12.3. The number of carbonyl (C=O) groups is 1. The van der Waals surface area contributed by atoms with E-state index in [2.05, 4.69) is 15.6 Å². The maximum atomic E-state index is 12.3. The molecule has 1 atom stereocenters. The molecule has 0 fully saturated rings. The summed E-state index contributed by atoms with van der Waals surface area (Å²) in [5.74, 6) is -0.239. The highest BCUT2D eigenvalue weighted by atomic mass is 32.9. The van der Waals surface area contributed by atoms with Crippen molar-refractivity contribution in [3.63, 3.8) is 0 Å². The highest BCUT2D eigenvalue weighted by Gasteiger charge is 2.27. The van der Waals surface area contributed by atoms with Gasteiger partial charge in [-0.3, -0.25) is 20.3 Å². The standard InChI is InChI=1S/C16H11N5O3S2/c17-16-20-15(25-26-16)10-6-5-8(7-12(10)21(23)24)13-18-11-4-2-1-3-9(11)14(22)19-13/h1-7,13,17-18H,(H,19,22). The first kappa shape index (κ1) is 16.4. The van der Waals surface area contributed by atoms with Crippen molar-refractivity contribution in [3.8, 4) is 10.6 Å². The third kappa shape index (κ3) is 2.85. The van der Waals surface area contributed by atoms with Gasteiger partial charge >= 0.3 is 0 Å². The Kier molecular flexibility index (Phi) is 3.98. The van der Waals surface area contributed by atoms with Crippen LogP contribution in [0.15, 0.2) is 42.5 Å². The third-order valence-electron chi connectivity index (χ3n) is 3.93. The predicted octanol–water partition coefficient (Wildman–Crippen LogP) is 3.11. The summed E-state index contributed by atoms with van der Waals surface area (Å²) in [6.07, 6.45) is -0.573. The molecule has 1 aromatic heterocycles. The van der Waals surface area contributed by atoms with E-state index >= 15 is 0 Å².